The van der Waals surface area contributed by atoms with E-state index in [1.54, 1.807) is 77.3 Å². The third-order valence-corrected chi connectivity index (χ3v) is 6.71. The van der Waals surface area contributed by atoms with E-state index in [-0.39, 0.29) is 18.2 Å². The number of unbranched alkanes of at least 4 members (excludes halogenated alkanes) is 3. The van der Waals surface area contributed by atoms with Crippen molar-refractivity contribution in [2.24, 2.45) is 5.92 Å². The molecule has 2 aromatic rings. The van der Waals surface area contributed by atoms with E-state index in [4.69, 9.17) is 9.47 Å². The molecule has 2 aromatic carbocycles. The van der Waals surface area contributed by atoms with Gasteiger partial charge in [-0.05, 0) is 76.3 Å². The standard InChI is InChI=1S/C33H49N3O6/c1-9-10-11-12-20-36(31(39)27(21-22(2)3)35-32(40)42-33(5,6)7)28(26-15-13-14-23(4)29(26)37)30(38)34-24-16-18-25(41-8)19-17-24/h13-19,22,27-28,37H,9-12,20-21H2,1-8H3,(H,34,38)(H,35,40). The van der Waals surface area contributed by atoms with Gasteiger partial charge in [-0.1, -0.05) is 58.2 Å². The number of carbonyl (C=O) groups is 3. The molecule has 3 N–H and O–H groups in total. The number of anilines is 1. The Morgan fingerprint density at radius 3 is 2.24 bits per heavy atom. The summed E-state index contributed by atoms with van der Waals surface area (Å²) in [6.07, 6.45) is 3.14. The first kappa shape index (κ1) is 34.5. The smallest absolute Gasteiger partial charge is 0.408 e. The van der Waals surface area contributed by atoms with Crippen molar-refractivity contribution in [1.82, 2.24) is 10.2 Å². The highest BCUT2D eigenvalue weighted by Crippen LogP contribution is 2.34. The second kappa shape index (κ2) is 16.0. The van der Waals surface area contributed by atoms with Crippen LogP contribution >= 0.6 is 0 Å². The molecule has 9 heteroatoms. The third-order valence-electron chi connectivity index (χ3n) is 6.71. The van der Waals surface area contributed by atoms with Gasteiger partial charge in [0.05, 0.1) is 7.11 Å². The fourth-order valence-electron chi connectivity index (χ4n) is 4.66. The van der Waals surface area contributed by atoms with E-state index in [0.29, 0.717) is 35.4 Å². The van der Waals surface area contributed by atoms with Crippen molar-refractivity contribution in [3.05, 3.63) is 53.6 Å². The number of rotatable bonds is 14. The molecular weight excluding hydrogens is 534 g/mol. The first-order valence-electron chi connectivity index (χ1n) is 14.8. The van der Waals surface area contributed by atoms with E-state index >= 15 is 0 Å². The van der Waals surface area contributed by atoms with E-state index < -0.39 is 35.6 Å². The van der Waals surface area contributed by atoms with Gasteiger partial charge in [0.1, 0.15) is 29.2 Å². The van der Waals surface area contributed by atoms with Crippen LogP contribution in [0.2, 0.25) is 0 Å². The molecule has 3 amide bonds. The lowest BCUT2D eigenvalue weighted by Gasteiger charge is -2.35. The summed E-state index contributed by atoms with van der Waals surface area (Å²) in [5.74, 6) is -0.250. The topological polar surface area (TPSA) is 117 Å². The van der Waals surface area contributed by atoms with E-state index in [1.165, 1.54) is 4.90 Å². The van der Waals surface area contributed by atoms with Gasteiger partial charge in [0.2, 0.25) is 5.91 Å². The zero-order valence-electron chi connectivity index (χ0n) is 26.5. The number of alkyl carbamates (subject to hydrolysis) is 1. The maximum atomic E-state index is 14.4. The second-order valence-corrected chi connectivity index (χ2v) is 12.1. The highest BCUT2D eigenvalue weighted by atomic mass is 16.6. The van der Waals surface area contributed by atoms with Crippen LogP contribution in [0.3, 0.4) is 0 Å². The Bertz CT molecular complexity index is 1170. The van der Waals surface area contributed by atoms with Crippen LogP contribution in [0.4, 0.5) is 10.5 Å². The Morgan fingerprint density at radius 1 is 1.00 bits per heavy atom. The molecule has 232 valence electrons. The van der Waals surface area contributed by atoms with Gasteiger partial charge in [-0.2, -0.15) is 0 Å². The number of amides is 3. The van der Waals surface area contributed by atoms with Crippen LogP contribution in [0, 0.1) is 12.8 Å². The number of phenols is 1. The van der Waals surface area contributed by atoms with Crippen LogP contribution in [0.5, 0.6) is 11.5 Å². The van der Waals surface area contributed by atoms with Crippen molar-refractivity contribution in [3.63, 3.8) is 0 Å². The van der Waals surface area contributed by atoms with Crippen LogP contribution in [0.25, 0.3) is 0 Å². The van der Waals surface area contributed by atoms with E-state index in [1.807, 2.05) is 13.8 Å². The number of ether oxygens (including phenoxy) is 2. The molecular formula is C33H49N3O6. The molecule has 0 aliphatic heterocycles. The summed E-state index contributed by atoms with van der Waals surface area (Å²) in [6.45, 7) is 13.3. The largest absolute Gasteiger partial charge is 0.507 e. The van der Waals surface area contributed by atoms with Crippen LogP contribution in [-0.2, 0) is 14.3 Å². The van der Waals surface area contributed by atoms with Crippen molar-refractivity contribution < 1.29 is 29.0 Å². The lowest BCUT2D eigenvalue weighted by molar-refractivity contribution is -0.141. The number of phenolic OH excluding ortho intramolecular Hbond substituents is 1. The molecule has 0 heterocycles. The Hall–Kier alpha value is -3.75. The molecule has 0 saturated heterocycles. The summed E-state index contributed by atoms with van der Waals surface area (Å²) in [7, 11) is 1.56. The minimum atomic E-state index is -1.16. The second-order valence-electron chi connectivity index (χ2n) is 12.1. The van der Waals surface area contributed by atoms with Crippen LogP contribution < -0.4 is 15.4 Å². The van der Waals surface area contributed by atoms with Crippen molar-refractivity contribution in [2.75, 3.05) is 19.0 Å². The normalized spacial score (nSPS) is 12.8. The number of nitrogens with zero attached hydrogens (tertiary/aromatic N) is 1. The number of nitrogens with one attached hydrogen (secondary N) is 2. The Morgan fingerprint density at radius 2 is 1.67 bits per heavy atom. The van der Waals surface area contributed by atoms with Gasteiger partial charge in [0.15, 0.2) is 0 Å². The zero-order valence-corrected chi connectivity index (χ0v) is 26.5. The van der Waals surface area contributed by atoms with Gasteiger partial charge in [-0.15, -0.1) is 0 Å². The quantitative estimate of drug-likeness (QED) is 0.212. The van der Waals surface area contributed by atoms with Crippen LogP contribution in [0.1, 0.15) is 90.8 Å². The highest BCUT2D eigenvalue weighted by Gasteiger charge is 2.37. The van der Waals surface area contributed by atoms with Gasteiger partial charge < -0.3 is 30.1 Å². The molecule has 0 fully saturated rings. The number of methoxy groups -OCH3 is 1. The Balaban J connectivity index is 2.59. The van der Waals surface area contributed by atoms with E-state index in [2.05, 4.69) is 17.6 Å². The molecule has 0 radical (unpaired) electrons. The van der Waals surface area contributed by atoms with Gasteiger partial charge in [-0.3, -0.25) is 9.59 Å². The predicted octanol–water partition coefficient (Wildman–Crippen LogP) is 6.74. The fourth-order valence-corrected chi connectivity index (χ4v) is 4.66. The summed E-state index contributed by atoms with van der Waals surface area (Å²) in [4.78, 5) is 42.7. The molecule has 0 saturated carbocycles. The summed E-state index contributed by atoms with van der Waals surface area (Å²) in [5, 5.41) is 16.8. The fraction of sp³-hybridized carbons (Fsp3) is 0.545. The molecule has 42 heavy (non-hydrogen) atoms. The minimum Gasteiger partial charge on any atom is -0.507 e. The maximum Gasteiger partial charge on any atom is 0.408 e. The predicted molar refractivity (Wildman–Crippen MR) is 166 cm³/mol. The zero-order chi connectivity index (χ0) is 31.4. The average molecular weight is 584 g/mol. The summed E-state index contributed by atoms with van der Waals surface area (Å²) in [5.41, 5.74) is 0.662. The molecule has 0 aliphatic carbocycles. The van der Waals surface area contributed by atoms with Crippen molar-refractivity contribution in [3.8, 4) is 11.5 Å². The van der Waals surface area contributed by atoms with Crippen LogP contribution in [0.15, 0.2) is 42.5 Å². The molecule has 0 aromatic heterocycles. The van der Waals surface area contributed by atoms with Gasteiger partial charge in [-0.25, -0.2) is 4.79 Å². The van der Waals surface area contributed by atoms with E-state index in [0.717, 1.165) is 19.3 Å². The minimum absolute atomic E-state index is 0.0562. The maximum absolute atomic E-state index is 14.4. The summed E-state index contributed by atoms with van der Waals surface area (Å²) < 4.78 is 10.7. The monoisotopic (exact) mass is 583 g/mol. The van der Waals surface area contributed by atoms with Crippen molar-refractivity contribution in [1.29, 1.82) is 0 Å². The van der Waals surface area contributed by atoms with Gasteiger partial charge >= 0.3 is 6.09 Å². The SMILES string of the molecule is CCCCCCN(C(=O)C(CC(C)C)NC(=O)OC(C)(C)C)C(C(=O)Nc1ccc(OC)cc1)c1cccc(C)c1O. The number of carbonyl (C=O) groups excluding carboxylic acids is 3. The third kappa shape index (κ3) is 10.6. The number of aromatic hydroxyl groups is 1. The summed E-state index contributed by atoms with van der Waals surface area (Å²) in [6, 6.07) is 9.94. The first-order valence-corrected chi connectivity index (χ1v) is 14.8. The van der Waals surface area contributed by atoms with Gasteiger partial charge in [0, 0.05) is 17.8 Å². The number of benzene rings is 2. The molecule has 0 aliphatic rings. The number of hydrogen-bond donors (Lipinski definition) is 3. The highest BCUT2D eigenvalue weighted by molar-refractivity contribution is 5.99. The number of aryl methyl sites for hydroxylation is 1. The Kier molecular flexibility index (Phi) is 13.2. The van der Waals surface area contributed by atoms with E-state index in [9.17, 15) is 19.5 Å². The first-order chi connectivity index (χ1) is 19.8. The molecule has 0 spiro atoms. The summed E-state index contributed by atoms with van der Waals surface area (Å²) >= 11 is 0. The molecule has 2 rings (SSSR count). The number of hydrogen-bond acceptors (Lipinski definition) is 6. The van der Waals surface area contributed by atoms with Crippen molar-refractivity contribution >= 4 is 23.6 Å². The molecule has 9 nitrogen and oxygen atoms in total. The molecule has 2 atom stereocenters. The molecule has 0 bridgehead atoms. The van der Waals surface area contributed by atoms with Crippen LogP contribution in [-0.4, -0.2) is 53.2 Å². The van der Waals surface area contributed by atoms with Crippen molar-refractivity contribution in [2.45, 2.75) is 98.3 Å². The lowest BCUT2D eigenvalue weighted by atomic mass is 9.97. The number of para-hydroxylation sites is 1. The Labute approximate surface area is 251 Å². The van der Waals surface area contributed by atoms with Gasteiger partial charge in [0.25, 0.3) is 5.91 Å². The average Bonchev–Trinajstić information content (AvgIpc) is 2.90. The molecule has 2 unspecified atom stereocenters. The lowest BCUT2D eigenvalue weighted by Crippen LogP contribution is -2.53.